The Morgan fingerprint density at radius 1 is 1.17 bits per heavy atom. The summed E-state index contributed by atoms with van der Waals surface area (Å²) in [4.78, 5) is 22.7. The standard InChI is InChI=1S/Hg.H3O3PS/c;1-4(2,3)5/h;(H3,1,2,3,5). The monoisotopic (exact) mass is 316 g/mol. The Morgan fingerprint density at radius 3 is 1.17 bits per heavy atom. The average molecular weight is 315 g/mol. The minimum Gasteiger partial charge on any atom is -0.325 e. The second kappa shape index (κ2) is 3.46. The third-order valence-corrected chi connectivity index (χ3v) is 0. The summed E-state index contributed by atoms with van der Waals surface area (Å²) in [6, 6.07) is 0. The number of rotatable bonds is 0. The largest absolute Gasteiger partial charge is 0.325 e. The summed E-state index contributed by atoms with van der Waals surface area (Å²) in [5, 5.41) is 0. The van der Waals surface area contributed by atoms with E-state index in [2.05, 4.69) is 11.8 Å². The molecule has 6 heteroatoms. The van der Waals surface area contributed by atoms with Crippen molar-refractivity contribution in [2.24, 2.45) is 0 Å². The van der Waals surface area contributed by atoms with Crippen LogP contribution in [-0.4, -0.2) is 14.7 Å². The summed E-state index contributed by atoms with van der Waals surface area (Å²) in [7, 11) is 0. The molecule has 0 amide bonds. The van der Waals surface area contributed by atoms with Crippen molar-refractivity contribution in [1.82, 2.24) is 0 Å². The van der Waals surface area contributed by atoms with Gasteiger partial charge in [0.2, 0.25) is 0 Å². The van der Waals surface area contributed by atoms with Gasteiger partial charge >= 0.3 is 6.72 Å². The van der Waals surface area contributed by atoms with Gasteiger partial charge < -0.3 is 14.7 Å². The molecule has 0 rings (SSSR count). The Balaban J connectivity index is 0. The molecule has 3 nitrogen and oxygen atoms in total. The molecular weight excluding hydrogens is 312 g/mol. The zero-order valence-corrected chi connectivity index (χ0v) is 10.1. The molecule has 0 aliphatic rings. The van der Waals surface area contributed by atoms with Crippen LogP contribution in [0.15, 0.2) is 0 Å². The summed E-state index contributed by atoms with van der Waals surface area (Å²) in [5.41, 5.74) is 0. The van der Waals surface area contributed by atoms with E-state index >= 15 is 0 Å². The van der Waals surface area contributed by atoms with Gasteiger partial charge in [-0.3, -0.25) is 0 Å². The Kier molecular flexibility index (Phi) is 6.03. The first kappa shape index (κ1) is 10.4. The summed E-state index contributed by atoms with van der Waals surface area (Å²) in [6.07, 6.45) is 0. The van der Waals surface area contributed by atoms with Crippen molar-refractivity contribution in [2.45, 2.75) is 0 Å². The maximum absolute atomic E-state index is 7.56. The Hall–Kier alpha value is 1.47. The molecule has 3 N–H and O–H groups in total. The first-order valence-corrected chi connectivity index (χ1v) is 3.44. The second-order valence-corrected chi connectivity index (χ2v) is 3.01. The van der Waals surface area contributed by atoms with E-state index in [1.165, 1.54) is 0 Å². The molecule has 0 aromatic rings. The van der Waals surface area contributed by atoms with Gasteiger partial charge in [-0.05, 0) is 11.8 Å². The molecular formula is H3HgO3PS. The summed E-state index contributed by atoms with van der Waals surface area (Å²) >= 11 is 3.60. The van der Waals surface area contributed by atoms with Crippen molar-refractivity contribution in [1.29, 1.82) is 0 Å². The van der Waals surface area contributed by atoms with Crippen LogP contribution in [0.3, 0.4) is 0 Å². The van der Waals surface area contributed by atoms with Crippen LogP contribution in [-0.2, 0) is 39.5 Å². The van der Waals surface area contributed by atoms with Crippen LogP contribution in [0.2, 0.25) is 0 Å². The van der Waals surface area contributed by atoms with Crippen molar-refractivity contribution in [2.75, 3.05) is 0 Å². The van der Waals surface area contributed by atoms with E-state index in [-0.39, 0.29) is 27.7 Å². The first-order chi connectivity index (χ1) is 2.00. The van der Waals surface area contributed by atoms with Crippen molar-refractivity contribution >= 4 is 18.5 Å². The zero-order valence-electron chi connectivity index (χ0n) is 2.90. The van der Waals surface area contributed by atoms with E-state index in [1.54, 1.807) is 0 Å². The van der Waals surface area contributed by atoms with Gasteiger partial charge in [-0.2, -0.15) is 0 Å². The molecule has 0 atom stereocenters. The quantitative estimate of drug-likeness (QED) is 0.404. The Morgan fingerprint density at radius 2 is 1.17 bits per heavy atom. The van der Waals surface area contributed by atoms with E-state index in [1.807, 2.05) is 0 Å². The molecule has 0 heterocycles. The molecule has 0 aliphatic heterocycles. The van der Waals surface area contributed by atoms with Crippen molar-refractivity contribution in [3.8, 4) is 0 Å². The van der Waals surface area contributed by atoms with Gasteiger partial charge in [0.25, 0.3) is 0 Å². The van der Waals surface area contributed by atoms with Crippen molar-refractivity contribution in [3.63, 3.8) is 0 Å². The molecule has 0 saturated heterocycles. The maximum atomic E-state index is 7.56. The van der Waals surface area contributed by atoms with Gasteiger partial charge in [0, 0.05) is 27.7 Å². The summed E-state index contributed by atoms with van der Waals surface area (Å²) in [5.74, 6) is 0. The minimum atomic E-state index is -3.81. The van der Waals surface area contributed by atoms with Crippen LogP contribution >= 0.6 is 6.72 Å². The van der Waals surface area contributed by atoms with Gasteiger partial charge in [0.1, 0.15) is 0 Å². The molecule has 0 saturated carbocycles. The van der Waals surface area contributed by atoms with Crippen LogP contribution in [0, 0.1) is 0 Å². The fourth-order valence-corrected chi connectivity index (χ4v) is 0. The van der Waals surface area contributed by atoms with Crippen LogP contribution < -0.4 is 0 Å². The Labute approximate surface area is 60.8 Å². The first-order valence-electron chi connectivity index (χ1n) is 0.783. The van der Waals surface area contributed by atoms with Gasteiger partial charge in [-0.25, -0.2) is 0 Å². The molecule has 34 valence electrons. The van der Waals surface area contributed by atoms with Gasteiger partial charge in [0.15, 0.2) is 0 Å². The van der Waals surface area contributed by atoms with E-state index in [0.29, 0.717) is 0 Å². The molecule has 0 aliphatic carbocycles. The molecule has 0 aromatic carbocycles. The normalized spacial score (nSPS) is 9.83. The average Bonchev–Trinajstić information content (AvgIpc) is 0.722. The van der Waals surface area contributed by atoms with E-state index in [0.717, 1.165) is 0 Å². The van der Waals surface area contributed by atoms with Gasteiger partial charge in [0.05, 0.1) is 0 Å². The molecule has 0 aromatic heterocycles. The fraction of sp³-hybridized carbons (Fsp3) is 0. The predicted octanol–water partition coefficient (Wildman–Crippen LogP) is -0.815. The van der Waals surface area contributed by atoms with Crippen LogP contribution in [0.25, 0.3) is 0 Å². The van der Waals surface area contributed by atoms with E-state index < -0.39 is 6.72 Å². The second-order valence-electron chi connectivity index (χ2n) is 0.513. The maximum Gasteiger partial charge on any atom is 0.319 e. The van der Waals surface area contributed by atoms with Crippen LogP contribution in [0.1, 0.15) is 0 Å². The van der Waals surface area contributed by atoms with Crippen molar-refractivity contribution < 1.29 is 42.3 Å². The predicted molar refractivity (Wildman–Crippen MR) is 20.9 cm³/mol. The third kappa shape index (κ3) is 50.8. The zero-order chi connectivity index (χ0) is 4.50. The molecule has 0 fully saturated rings. The smallest absolute Gasteiger partial charge is 0.319 e. The summed E-state index contributed by atoms with van der Waals surface area (Å²) < 4.78 is 0. The molecule has 0 unspecified atom stereocenters. The van der Waals surface area contributed by atoms with Crippen LogP contribution in [0.4, 0.5) is 0 Å². The van der Waals surface area contributed by atoms with Gasteiger partial charge in [-0.1, -0.05) is 0 Å². The minimum absolute atomic E-state index is 0. The Bertz CT molecular complexity index is 56.9. The van der Waals surface area contributed by atoms with E-state index in [9.17, 15) is 0 Å². The molecule has 0 spiro atoms. The van der Waals surface area contributed by atoms with Crippen molar-refractivity contribution in [3.05, 3.63) is 0 Å². The number of hydrogen-bond acceptors (Lipinski definition) is 1. The number of hydrogen-bond donors (Lipinski definition) is 3. The fourth-order valence-electron chi connectivity index (χ4n) is 0. The molecule has 0 radical (unpaired) electrons. The summed E-state index contributed by atoms with van der Waals surface area (Å²) in [6.45, 7) is -3.81. The van der Waals surface area contributed by atoms with Crippen LogP contribution in [0.5, 0.6) is 0 Å². The SMILES string of the molecule is OP(O)(O)=S.[Hg]. The van der Waals surface area contributed by atoms with Gasteiger partial charge in [-0.15, -0.1) is 0 Å². The van der Waals surface area contributed by atoms with E-state index in [4.69, 9.17) is 14.7 Å². The third-order valence-electron chi connectivity index (χ3n) is 0. The topological polar surface area (TPSA) is 60.7 Å². The molecule has 6 heavy (non-hydrogen) atoms. The molecule has 0 bridgehead atoms.